The number of anilines is 1. The van der Waals surface area contributed by atoms with Gasteiger partial charge in [0, 0.05) is 12.0 Å². The van der Waals surface area contributed by atoms with E-state index in [0.29, 0.717) is 5.65 Å². The summed E-state index contributed by atoms with van der Waals surface area (Å²) in [4.78, 5) is 0. The molecule has 0 amide bonds. The van der Waals surface area contributed by atoms with Crippen LogP contribution in [-0.2, 0) is 0 Å². The van der Waals surface area contributed by atoms with Gasteiger partial charge in [0.15, 0.2) is 0 Å². The fourth-order valence-electron chi connectivity index (χ4n) is 3.33. The number of hydrogen-bond acceptors (Lipinski definition) is 6. The molecule has 0 spiro atoms. The molecule has 1 unspecified atom stereocenters. The standard InChI is InChI=1S/C18H21N5O2/c1-11-7-14(17-21-19-10-23(17)22-11)20-15-9-18(2,3)25-16-6-5-12(24-4)8-13(15)16/h5-8,10,15,20H,9H2,1-4H3. The maximum Gasteiger partial charge on any atom is 0.200 e. The van der Waals surface area contributed by atoms with E-state index < -0.39 is 0 Å². The molecule has 7 nitrogen and oxygen atoms in total. The van der Waals surface area contributed by atoms with Crippen LogP contribution in [0.1, 0.15) is 37.6 Å². The minimum Gasteiger partial charge on any atom is -0.497 e. The Morgan fingerprint density at radius 3 is 2.96 bits per heavy atom. The number of aryl methyl sites for hydroxylation is 1. The molecule has 1 aromatic carbocycles. The second kappa shape index (κ2) is 5.61. The van der Waals surface area contributed by atoms with Crippen molar-refractivity contribution in [1.82, 2.24) is 19.8 Å². The van der Waals surface area contributed by atoms with E-state index in [1.807, 2.05) is 31.2 Å². The van der Waals surface area contributed by atoms with Crippen LogP contribution in [0.5, 0.6) is 11.5 Å². The molecule has 1 N–H and O–H groups in total. The first-order chi connectivity index (χ1) is 11.9. The highest BCUT2D eigenvalue weighted by Gasteiger charge is 2.34. The van der Waals surface area contributed by atoms with Crippen molar-refractivity contribution in [3.8, 4) is 11.5 Å². The van der Waals surface area contributed by atoms with E-state index in [9.17, 15) is 0 Å². The number of nitrogens with one attached hydrogen (secondary N) is 1. The molecule has 4 rings (SSSR count). The third-order valence-electron chi connectivity index (χ3n) is 4.39. The molecular weight excluding hydrogens is 318 g/mol. The van der Waals surface area contributed by atoms with Gasteiger partial charge in [-0.25, -0.2) is 0 Å². The molecule has 1 aliphatic heterocycles. The summed E-state index contributed by atoms with van der Waals surface area (Å²) in [6.45, 7) is 6.15. The van der Waals surface area contributed by atoms with Crippen molar-refractivity contribution < 1.29 is 9.47 Å². The second-order valence-corrected chi connectivity index (χ2v) is 6.97. The highest BCUT2D eigenvalue weighted by Crippen LogP contribution is 2.42. The van der Waals surface area contributed by atoms with E-state index >= 15 is 0 Å². The van der Waals surface area contributed by atoms with Crippen LogP contribution in [0.4, 0.5) is 5.69 Å². The highest BCUT2D eigenvalue weighted by atomic mass is 16.5. The van der Waals surface area contributed by atoms with Crippen molar-refractivity contribution in [2.45, 2.75) is 38.8 Å². The molecule has 3 aromatic rings. The topological polar surface area (TPSA) is 73.6 Å². The van der Waals surface area contributed by atoms with Gasteiger partial charge in [0.2, 0.25) is 5.65 Å². The van der Waals surface area contributed by atoms with Gasteiger partial charge in [-0.15, -0.1) is 10.2 Å². The summed E-state index contributed by atoms with van der Waals surface area (Å²) in [7, 11) is 1.67. The molecule has 0 radical (unpaired) electrons. The Morgan fingerprint density at radius 1 is 1.32 bits per heavy atom. The Morgan fingerprint density at radius 2 is 2.16 bits per heavy atom. The lowest BCUT2D eigenvalue weighted by molar-refractivity contribution is 0.0757. The Kier molecular flexibility index (Phi) is 3.52. The van der Waals surface area contributed by atoms with Gasteiger partial charge in [0.1, 0.15) is 23.4 Å². The largest absolute Gasteiger partial charge is 0.497 e. The number of nitrogens with zero attached hydrogens (tertiary/aromatic N) is 4. The number of ether oxygens (including phenoxy) is 2. The van der Waals surface area contributed by atoms with E-state index in [1.165, 1.54) is 0 Å². The molecular formula is C18H21N5O2. The third-order valence-corrected chi connectivity index (χ3v) is 4.39. The molecule has 0 saturated carbocycles. The zero-order valence-corrected chi connectivity index (χ0v) is 14.8. The first-order valence-electron chi connectivity index (χ1n) is 8.26. The van der Waals surface area contributed by atoms with Gasteiger partial charge in [0.05, 0.1) is 24.5 Å². The highest BCUT2D eigenvalue weighted by molar-refractivity contribution is 5.68. The number of aromatic nitrogens is 4. The molecule has 25 heavy (non-hydrogen) atoms. The molecule has 1 atom stereocenters. The molecule has 3 heterocycles. The lowest BCUT2D eigenvalue weighted by Crippen LogP contribution is -2.37. The third kappa shape index (κ3) is 2.86. The Hall–Kier alpha value is -2.83. The SMILES string of the molecule is COc1ccc2c(c1)C(Nc1cc(C)nn3cnnc13)CC(C)(C)O2. The van der Waals surface area contributed by atoms with Gasteiger partial charge >= 0.3 is 0 Å². The maximum absolute atomic E-state index is 6.14. The van der Waals surface area contributed by atoms with Crippen molar-refractivity contribution in [3.63, 3.8) is 0 Å². The molecule has 0 saturated heterocycles. The maximum atomic E-state index is 6.14. The minimum absolute atomic E-state index is 0.0659. The average Bonchev–Trinajstić information content (AvgIpc) is 3.02. The van der Waals surface area contributed by atoms with Gasteiger partial charge in [-0.3, -0.25) is 0 Å². The van der Waals surface area contributed by atoms with E-state index in [4.69, 9.17) is 9.47 Å². The molecule has 0 bridgehead atoms. The number of benzene rings is 1. The second-order valence-electron chi connectivity index (χ2n) is 6.97. The van der Waals surface area contributed by atoms with Gasteiger partial charge in [0.25, 0.3) is 0 Å². The zero-order chi connectivity index (χ0) is 17.6. The normalized spacial score (nSPS) is 18.5. The Labute approximate surface area is 146 Å². The van der Waals surface area contributed by atoms with Crippen LogP contribution in [0.3, 0.4) is 0 Å². The first-order valence-corrected chi connectivity index (χ1v) is 8.26. The monoisotopic (exact) mass is 339 g/mol. The Balaban J connectivity index is 1.78. The average molecular weight is 339 g/mol. The zero-order valence-electron chi connectivity index (χ0n) is 14.8. The number of hydrogen-bond donors (Lipinski definition) is 1. The molecule has 2 aromatic heterocycles. The van der Waals surface area contributed by atoms with Crippen LogP contribution in [0.15, 0.2) is 30.6 Å². The predicted molar refractivity (Wildman–Crippen MR) is 94.2 cm³/mol. The minimum atomic E-state index is -0.273. The van der Waals surface area contributed by atoms with Crippen LogP contribution in [0, 0.1) is 6.92 Å². The van der Waals surface area contributed by atoms with Crippen LogP contribution in [0.2, 0.25) is 0 Å². The predicted octanol–water partition coefficient (Wildman–Crippen LogP) is 3.16. The van der Waals surface area contributed by atoms with Gasteiger partial charge < -0.3 is 14.8 Å². The van der Waals surface area contributed by atoms with Crippen molar-refractivity contribution in [1.29, 1.82) is 0 Å². The fourth-order valence-corrected chi connectivity index (χ4v) is 3.33. The molecule has 1 aliphatic rings. The van der Waals surface area contributed by atoms with E-state index in [2.05, 4.69) is 34.5 Å². The van der Waals surface area contributed by atoms with Gasteiger partial charge in [-0.1, -0.05) is 0 Å². The van der Waals surface area contributed by atoms with Gasteiger partial charge in [-0.05, 0) is 45.0 Å². The summed E-state index contributed by atoms with van der Waals surface area (Å²) in [5.41, 5.74) is 3.31. The lowest BCUT2D eigenvalue weighted by atomic mass is 9.89. The summed E-state index contributed by atoms with van der Waals surface area (Å²) in [5.74, 6) is 1.69. The number of fused-ring (bicyclic) bond motifs is 2. The van der Waals surface area contributed by atoms with Crippen molar-refractivity contribution in [2.24, 2.45) is 0 Å². The smallest absolute Gasteiger partial charge is 0.200 e. The quantitative estimate of drug-likeness (QED) is 0.790. The van der Waals surface area contributed by atoms with Crippen LogP contribution >= 0.6 is 0 Å². The van der Waals surface area contributed by atoms with E-state index in [1.54, 1.807) is 18.0 Å². The fraction of sp³-hybridized carbons (Fsp3) is 0.389. The van der Waals surface area contributed by atoms with Crippen LogP contribution < -0.4 is 14.8 Å². The summed E-state index contributed by atoms with van der Waals surface area (Å²) in [6.07, 6.45) is 2.42. The molecule has 0 aliphatic carbocycles. The summed E-state index contributed by atoms with van der Waals surface area (Å²) in [5, 5.41) is 16.2. The number of methoxy groups -OCH3 is 1. The van der Waals surface area contributed by atoms with E-state index in [-0.39, 0.29) is 11.6 Å². The Bertz CT molecular complexity index is 934. The summed E-state index contributed by atoms with van der Waals surface area (Å²) >= 11 is 0. The van der Waals surface area contributed by atoms with Crippen LogP contribution in [-0.4, -0.2) is 32.5 Å². The van der Waals surface area contributed by atoms with Crippen LogP contribution in [0.25, 0.3) is 5.65 Å². The summed E-state index contributed by atoms with van der Waals surface area (Å²) in [6, 6.07) is 7.97. The van der Waals surface area contributed by atoms with Crippen molar-refractivity contribution >= 4 is 11.3 Å². The van der Waals surface area contributed by atoms with E-state index in [0.717, 1.165) is 34.9 Å². The molecule has 0 fully saturated rings. The van der Waals surface area contributed by atoms with Gasteiger partial charge in [-0.2, -0.15) is 9.61 Å². The summed E-state index contributed by atoms with van der Waals surface area (Å²) < 4.78 is 13.2. The number of rotatable bonds is 3. The van der Waals surface area contributed by atoms with Crippen molar-refractivity contribution in [3.05, 3.63) is 41.9 Å². The molecule has 130 valence electrons. The lowest BCUT2D eigenvalue weighted by Gasteiger charge is -2.38. The first kappa shape index (κ1) is 15.7. The molecule has 7 heteroatoms. The van der Waals surface area contributed by atoms with Crippen molar-refractivity contribution in [2.75, 3.05) is 12.4 Å².